The lowest BCUT2D eigenvalue weighted by atomic mass is 10.9. The van der Waals surface area contributed by atoms with Crippen LogP contribution in [0.3, 0.4) is 0 Å². The summed E-state index contributed by atoms with van der Waals surface area (Å²) in [4.78, 5) is 0. The van der Waals surface area contributed by atoms with Crippen LogP contribution in [0.2, 0.25) is 0 Å². The van der Waals surface area contributed by atoms with Crippen molar-refractivity contribution in [1.29, 1.82) is 0 Å². The number of thioether (sulfide) groups is 1. The number of rotatable bonds is 7. The van der Waals surface area contributed by atoms with Crippen LogP contribution in [0.15, 0.2) is 0 Å². The lowest BCUT2D eigenvalue weighted by Gasteiger charge is -2.08. The van der Waals surface area contributed by atoms with E-state index in [1.54, 1.807) is 11.8 Å². The van der Waals surface area contributed by atoms with Gasteiger partial charge in [0.15, 0.2) is 0 Å². The standard InChI is InChI=1S/C6H14O3S2/c7-1-3-10-4-6-11(9)5-2-8/h7-8H,1-6H2. The average molecular weight is 198 g/mol. The average Bonchev–Trinajstić information content (AvgIpc) is 1.99. The number of aliphatic hydroxyl groups excluding tert-OH is 2. The van der Waals surface area contributed by atoms with E-state index in [4.69, 9.17) is 10.2 Å². The normalized spacial score (nSPS) is 13.4. The van der Waals surface area contributed by atoms with Gasteiger partial charge in [0, 0.05) is 11.5 Å². The van der Waals surface area contributed by atoms with Gasteiger partial charge in [-0.1, -0.05) is 11.2 Å². The van der Waals surface area contributed by atoms with Gasteiger partial charge in [-0.15, -0.1) is 0 Å². The van der Waals surface area contributed by atoms with Gasteiger partial charge in [0.2, 0.25) is 0 Å². The molecule has 0 aromatic carbocycles. The van der Waals surface area contributed by atoms with Crippen LogP contribution in [0.4, 0.5) is 0 Å². The number of hydrogen-bond acceptors (Lipinski definition) is 4. The van der Waals surface area contributed by atoms with Crippen molar-refractivity contribution >= 4 is 22.9 Å². The Bertz CT molecular complexity index is 82.2. The molecule has 2 N–H and O–H groups in total. The monoisotopic (exact) mass is 198 g/mol. The molecule has 0 radical (unpaired) electrons. The number of hydrogen-bond donors (Lipinski definition) is 2. The maximum atomic E-state index is 10.9. The first-order chi connectivity index (χ1) is 5.31. The van der Waals surface area contributed by atoms with Crippen LogP contribution in [0.25, 0.3) is 0 Å². The molecule has 0 spiro atoms. The van der Waals surface area contributed by atoms with Crippen molar-refractivity contribution in [3.63, 3.8) is 0 Å². The van der Waals surface area contributed by atoms with E-state index in [1.807, 2.05) is 0 Å². The molecule has 0 bridgehead atoms. The second-order valence-corrected chi connectivity index (χ2v) is 4.83. The molecule has 68 valence electrons. The summed E-state index contributed by atoms with van der Waals surface area (Å²) in [6, 6.07) is 0. The van der Waals surface area contributed by atoms with E-state index >= 15 is 0 Å². The molecule has 0 fully saturated rings. The molecule has 0 aliphatic heterocycles. The third-order valence-electron chi connectivity index (χ3n) is 1.01. The van der Waals surface area contributed by atoms with Crippen molar-refractivity contribution in [3.8, 4) is 0 Å². The Kier molecular flexibility index (Phi) is 9.13. The van der Waals surface area contributed by atoms with E-state index < -0.39 is 11.2 Å². The van der Waals surface area contributed by atoms with E-state index in [0.717, 1.165) is 5.75 Å². The highest BCUT2D eigenvalue weighted by Gasteiger charge is 2.03. The van der Waals surface area contributed by atoms with Crippen LogP contribution < -0.4 is 0 Å². The van der Waals surface area contributed by atoms with Crippen LogP contribution in [0.5, 0.6) is 0 Å². The van der Waals surface area contributed by atoms with Gasteiger partial charge < -0.3 is 14.8 Å². The maximum Gasteiger partial charge on any atom is 0.128 e. The fourth-order valence-electron chi connectivity index (χ4n) is 0.522. The molecule has 3 nitrogen and oxygen atoms in total. The predicted molar refractivity (Wildman–Crippen MR) is 49.4 cm³/mol. The summed E-state index contributed by atoms with van der Waals surface area (Å²) in [5, 5.41) is 16.8. The van der Waals surface area contributed by atoms with Crippen LogP contribution in [0.1, 0.15) is 0 Å². The third kappa shape index (κ3) is 8.49. The van der Waals surface area contributed by atoms with Gasteiger partial charge in [0.05, 0.1) is 13.2 Å². The van der Waals surface area contributed by atoms with Gasteiger partial charge in [-0.25, -0.2) is 0 Å². The maximum absolute atomic E-state index is 10.9. The number of aliphatic hydroxyl groups is 2. The van der Waals surface area contributed by atoms with Gasteiger partial charge >= 0.3 is 0 Å². The first-order valence-corrected chi connectivity index (χ1v) is 6.10. The smallest absolute Gasteiger partial charge is 0.128 e. The first kappa shape index (κ1) is 11.6. The summed E-state index contributed by atoms with van der Waals surface area (Å²) in [6.45, 7) is 0.175. The van der Waals surface area contributed by atoms with E-state index in [0.29, 0.717) is 17.3 Å². The Morgan fingerprint density at radius 2 is 1.82 bits per heavy atom. The van der Waals surface area contributed by atoms with Gasteiger partial charge in [-0.05, 0) is 0 Å². The zero-order valence-electron chi connectivity index (χ0n) is 6.36. The Hall–Kier alpha value is 0.580. The van der Waals surface area contributed by atoms with E-state index in [9.17, 15) is 4.55 Å². The second kappa shape index (κ2) is 8.67. The molecule has 11 heavy (non-hydrogen) atoms. The minimum atomic E-state index is -0.876. The minimum Gasteiger partial charge on any atom is -0.616 e. The fraction of sp³-hybridized carbons (Fsp3) is 1.00. The molecule has 0 aliphatic carbocycles. The van der Waals surface area contributed by atoms with Crippen molar-refractivity contribution in [3.05, 3.63) is 0 Å². The highest BCUT2D eigenvalue weighted by molar-refractivity contribution is 8.00. The van der Waals surface area contributed by atoms with Gasteiger partial charge in [-0.3, -0.25) is 0 Å². The Balaban J connectivity index is 2.97. The molecule has 5 heteroatoms. The van der Waals surface area contributed by atoms with Crippen molar-refractivity contribution in [2.45, 2.75) is 0 Å². The fourth-order valence-corrected chi connectivity index (χ4v) is 2.48. The molecule has 0 rings (SSSR count). The highest BCUT2D eigenvalue weighted by Crippen LogP contribution is 2.01. The van der Waals surface area contributed by atoms with Crippen molar-refractivity contribution in [2.75, 3.05) is 36.2 Å². The van der Waals surface area contributed by atoms with Crippen molar-refractivity contribution in [1.82, 2.24) is 0 Å². The zero-order valence-corrected chi connectivity index (χ0v) is 7.99. The topological polar surface area (TPSA) is 63.5 Å². The molecule has 0 aliphatic rings. The molecule has 0 saturated heterocycles. The molecule has 0 saturated carbocycles. The molecule has 1 unspecified atom stereocenters. The van der Waals surface area contributed by atoms with Crippen LogP contribution in [-0.4, -0.2) is 51.0 Å². The van der Waals surface area contributed by atoms with E-state index in [1.165, 1.54) is 0 Å². The van der Waals surface area contributed by atoms with Crippen molar-refractivity contribution in [2.24, 2.45) is 0 Å². The molecule has 0 aromatic rings. The van der Waals surface area contributed by atoms with Crippen molar-refractivity contribution < 1.29 is 14.8 Å². The van der Waals surface area contributed by atoms with Crippen LogP contribution in [-0.2, 0) is 11.2 Å². The summed E-state index contributed by atoms with van der Waals surface area (Å²) in [5.41, 5.74) is 0. The third-order valence-corrected chi connectivity index (χ3v) is 3.53. The summed E-state index contributed by atoms with van der Waals surface area (Å²) in [5.74, 6) is 2.49. The molecule has 0 amide bonds. The minimum absolute atomic E-state index is 0.00270. The molecular weight excluding hydrogens is 184 g/mol. The van der Waals surface area contributed by atoms with E-state index in [-0.39, 0.29) is 13.2 Å². The SMILES string of the molecule is [O-][S+](CCO)CCSCCO. The summed E-state index contributed by atoms with van der Waals surface area (Å²) < 4.78 is 10.9. The zero-order chi connectivity index (χ0) is 8.53. The summed E-state index contributed by atoms with van der Waals surface area (Å²) in [6.07, 6.45) is 0. The van der Waals surface area contributed by atoms with Crippen LogP contribution in [0, 0.1) is 0 Å². The van der Waals surface area contributed by atoms with Gasteiger partial charge in [-0.2, -0.15) is 11.8 Å². The Morgan fingerprint density at radius 3 is 2.36 bits per heavy atom. The largest absolute Gasteiger partial charge is 0.616 e. The van der Waals surface area contributed by atoms with Gasteiger partial charge in [0.1, 0.15) is 11.5 Å². The quantitative estimate of drug-likeness (QED) is 0.426. The predicted octanol–water partition coefficient (Wildman–Crippen LogP) is -0.547. The second-order valence-electron chi connectivity index (χ2n) is 1.91. The summed E-state index contributed by atoms with van der Waals surface area (Å²) >= 11 is 0.707. The molecular formula is C6H14O3S2. The highest BCUT2D eigenvalue weighted by atomic mass is 32.2. The summed E-state index contributed by atoms with van der Waals surface area (Å²) in [7, 11) is 0. The lowest BCUT2D eigenvalue weighted by Crippen LogP contribution is -2.15. The Morgan fingerprint density at radius 1 is 1.09 bits per heavy atom. The lowest BCUT2D eigenvalue weighted by molar-refractivity contribution is 0.319. The Labute approximate surface area is 74.4 Å². The van der Waals surface area contributed by atoms with Gasteiger partial charge in [0.25, 0.3) is 0 Å². The first-order valence-electron chi connectivity index (χ1n) is 3.45. The molecule has 0 heterocycles. The van der Waals surface area contributed by atoms with E-state index in [2.05, 4.69) is 0 Å². The molecule has 0 aromatic heterocycles. The van der Waals surface area contributed by atoms with Crippen LogP contribution >= 0.6 is 11.8 Å². The molecule has 1 atom stereocenters.